The van der Waals surface area contributed by atoms with Crippen LogP contribution in [-0.4, -0.2) is 47.9 Å². The second-order valence-corrected chi connectivity index (χ2v) is 7.64. The van der Waals surface area contributed by atoms with E-state index in [1.807, 2.05) is 36.1 Å². The molecule has 30 heavy (non-hydrogen) atoms. The third-order valence-electron chi connectivity index (χ3n) is 5.61. The van der Waals surface area contributed by atoms with Crippen molar-refractivity contribution in [3.63, 3.8) is 0 Å². The van der Waals surface area contributed by atoms with Gasteiger partial charge in [0.05, 0.1) is 19.9 Å². The molecule has 1 aliphatic rings. The first kappa shape index (κ1) is 20.0. The Kier molecular flexibility index (Phi) is 6.32. The second-order valence-electron chi connectivity index (χ2n) is 7.64. The van der Waals surface area contributed by atoms with E-state index >= 15 is 0 Å². The molecule has 1 aromatic heterocycles. The number of ether oxygens (including phenoxy) is 1. The molecule has 1 atom stereocenters. The summed E-state index contributed by atoms with van der Waals surface area (Å²) in [6, 6.07) is 18.8. The molecule has 2 heterocycles. The van der Waals surface area contributed by atoms with E-state index in [-0.39, 0.29) is 0 Å². The summed E-state index contributed by atoms with van der Waals surface area (Å²) >= 11 is 0. The fourth-order valence-electron chi connectivity index (χ4n) is 3.97. The number of aliphatic imine (C=N–C) groups is 1. The largest absolute Gasteiger partial charge is 0.497 e. The van der Waals surface area contributed by atoms with Gasteiger partial charge in [-0.3, -0.25) is 9.67 Å². The number of nitrogens with one attached hydrogen (secondary N) is 1. The molecule has 4 rings (SSSR count). The van der Waals surface area contributed by atoms with Gasteiger partial charge in [0.2, 0.25) is 0 Å². The highest BCUT2D eigenvalue weighted by Crippen LogP contribution is 2.28. The van der Waals surface area contributed by atoms with Gasteiger partial charge < -0.3 is 15.0 Å². The van der Waals surface area contributed by atoms with Gasteiger partial charge in [0.25, 0.3) is 0 Å². The first-order chi connectivity index (χ1) is 14.7. The van der Waals surface area contributed by atoms with Gasteiger partial charge in [-0.2, -0.15) is 5.10 Å². The Bertz CT molecular complexity index is 965. The van der Waals surface area contributed by atoms with E-state index in [0.29, 0.717) is 12.5 Å². The molecule has 0 saturated carbocycles. The van der Waals surface area contributed by atoms with Crippen molar-refractivity contribution in [2.75, 3.05) is 27.2 Å². The maximum atomic E-state index is 5.27. The molecule has 6 heteroatoms. The number of hydrogen-bond donors (Lipinski definition) is 1. The van der Waals surface area contributed by atoms with Crippen molar-refractivity contribution in [2.45, 2.75) is 25.4 Å². The average molecular weight is 404 g/mol. The number of methoxy groups -OCH3 is 1. The minimum Gasteiger partial charge on any atom is -0.497 e. The predicted molar refractivity (Wildman–Crippen MR) is 120 cm³/mol. The molecular weight excluding hydrogens is 374 g/mol. The number of guanidine groups is 1. The van der Waals surface area contributed by atoms with Gasteiger partial charge in [0.1, 0.15) is 5.75 Å². The summed E-state index contributed by atoms with van der Waals surface area (Å²) in [5.74, 6) is 2.36. The summed E-state index contributed by atoms with van der Waals surface area (Å²) in [5.41, 5.74) is 3.76. The normalized spacial score (nSPS) is 16.7. The quantitative estimate of drug-likeness (QED) is 0.506. The Morgan fingerprint density at radius 2 is 1.93 bits per heavy atom. The van der Waals surface area contributed by atoms with Gasteiger partial charge >= 0.3 is 0 Å². The van der Waals surface area contributed by atoms with E-state index in [0.717, 1.165) is 43.3 Å². The molecule has 3 aromatic rings. The number of rotatable bonds is 6. The van der Waals surface area contributed by atoms with Crippen LogP contribution in [-0.2, 0) is 13.1 Å². The van der Waals surface area contributed by atoms with Crippen LogP contribution in [0.2, 0.25) is 0 Å². The third kappa shape index (κ3) is 4.82. The second kappa shape index (κ2) is 9.48. The van der Waals surface area contributed by atoms with E-state index in [1.165, 1.54) is 11.1 Å². The number of benzene rings is 2. The van der Waals surface area contributed by atoms with E-state index in [1.54, 1.807) is 7.11 Å². The first-order valence-electron chi connectivity index (χ1n) is 10.4. The smallest absolute Gasteiger partial charge is 0.193 e. The number of nitrogens with zero attached hydrogens (tertiary/aromatic N) is 4. The molecule has 2 aromatic carbocycles. The van der Waals surface area contributed by atoms with Crippen LogP contribution in [0.5, 0.6) is 5.75 Å². The van der Waals surface area contributed by atoms with E-state index in [9.17, 15) is 0 Å². The molecular formula is C24H29N5O. The zero-order valence-corrected chi connectivity index (χ0v) is 17.7. The van der Waals surface area contributed by atoms with Gasteiger partial charge in [0, 0.05) is 44.4 Å². The van der Waals surface area contributed by atoms with Crippen LogP contribution < -0.4 is 10.1 Å². The van der Waals surface area contributed by atoms with Gasteiger partial charge in [-0.15, -0.1) is 0 Å². The van der Waals surface area contributed by atoms with Crippen molar-refractivity contribution in [1.82, 2.24) is 20.0 Å². The summed E-state index contributed by atoms with van der Waals surface area (Å²) in [6.45, 7) is 3.47. The molecule has 1 saturated heterocycles. The highest BCUT2D eigenvalue weighted by molar-refractivity contribution is 5.80. The molecule has 1 aliphatic heterocycles. The van der Waals surface area contributed by atoms with E-state index in [4.69, 9.17) is 4.74 Å². The summed E-state index contributed by atoms with van der Waals surface area (Å²) < 4.78 is 7.25. The van der Waals surface area contributed by atoms with Crippen LogP contribution in [0.15, 0.2) is 72.0 Å². The monoisotopic (exact) mass is 403 g/mol. The van der Waals surface area contributed by atoms with Gasteiger partial charge in [-0.05, 0) is 29.7 Å². The molecule has 6 nitrogen and oxygen atoms in total. The Balaban J connectivity index is 1.31. The minimum absolute atomic E-state index is 0.517. The fraction of sp³-hybridized carbons (Fsp3) is 0.333. The van der Waals surface area contributed by atoms with Crippen molar-refractivity contribution in [2.24, 2.45) is 4.99 Å². The van der Waals surface area contributed by atoms with E-state index in [2.05, 4.69) is 62.9 Å². The third-order valence-corrected chi connectivity index (χ3v) is 5.61. The van der Waals surface area contributed by atoms with E-state index < -0.39 is 0 Å². The van der Waals surface area contributed by atoms with Gasteiger partial charge in [-0.1, -0.05) is 42.5 Å². The van der Waals surface area contributed by atoms with Crippen LogP contribution in [0.3, 0.4) is 0 Å². The van der Waals surface area contributed by atoms with Crippen molar-refractivity contribution < 1.29 is 4.74 Å². The molecule has 0 aliphatic carbocycles. The van der Waals surface area contributed by atoms with Crippen LogP contribution in [0, 0.1) is 0 Å². The number of aromatic nitrogens is 2. The lowest BCUT2D eigenvalue weighted by Gasteiger charge is -2.21. The highest BCUT2D eigenvalue weighted by Gasteiger charge is 2.26. The molecule has 1 N–H and O–H groups in total. The Labute approximate surface area is 178 Å². The standard InChI is InChI=1S/C24H29N5O/c1-25-24(28-13-12-22(18-28)21-8-10-23(30-2)11-9-21)26-14-20-15-27-29(17-20)16-19-6-4-3-5-7-19/h3-11,15,17,22H,12-14,16,18H2,1-2H3,(H,25,26). The molecule has 156 valence electrons. The summed E-state index contributed by atoms with van der Waals surface area (Å²) in [7, 11) is 3.55. The SMILES string of the molecule is CN=C(NCc1cnn(Cc2ccccc2)c1)N1CCC(c2ccc(OC)cc2)C1. The van der Waals surface area contributed by atoms with Crippen molar-refractivity contribution in [3.8, 4) is 5.75 Å². The van der Waals surface area contributed by atoms with Crippen molar-refractivity contribution in [1.29, 1.82) is 0 Å². The average Bonchev–Trinajstić information content (AvgIpc) is 3.45. The Hall–Kier alpha value is -3.28. The fourth-order valence-corrected chi connectivity index (χ4v) is 3.97. The highest BCUT2D eigenvalue weighted by atomic mass is 16.5. The Morgan fingerprint density at radius 3 is 2.67 bits per heavy atom. The zero-order chi connectivity index (χ0) is 20.8. The predicted octanol–water partition coefficient (Wildman–Crippen LogP) is 3.50. The van der Waals surface area contributed by atoms with Gasteiger partial charge in [0.15, 0.2) is 5.96 Å². The van der Waals surface area contributed by atoms with Crippen LogP contribution >= 0.6 is 0 Å². The van der Waals surface area contributed by atoms with Crippen LogP contribution in [0.1, 0.15) is 29.0 Å². The van der Waals surface area contributed by atoms with Crippen LogP contribution in [0.4, 0.5) is 0 Å². The maximum absolute atomic E-state index is 5.27. The molecule has 0 radical (unpaired) electrons. The lowest BCUT2D eigenvalue weighted by Crippen LogP contribution is -2.39. The molecule has 0 spiro atoms. The maximum Gasteiger partial charge on any atom is 0.193 e. The first-order valence-corrected chi connectivity index (χ1v) is 10.4. The zero-order valence-electron chi connectivity index (χ0n) is 17.7. The lowest BCUT2D eigenvalue weighted by molar-refractivity contribution is 0.414. The van der Waals surface area contributed by atoms with Gasteiger partial charge in [-0.25, -0.2) is 0 Å². The minimum atomic E-state index is 0.517. The molecule has 1 fully saturated rings. The van der Waals surface area contributed by atoms with Crippen molar-refractivity contribution in [3.05, 3.63) is 83.7 Å². The summed E-state index contributed by atoms with van der Waals surface area (Å²) in [5, 5.41) is 7.99. The molecule has 0 bridgehead atoms. The Morgan fingerprint density at radius 1 is 1.13 bits per heavy atom. The summed E-state index contributed by atoms with van der Waals surface area (Å²) in [4.78, 5) is 6.84. The molecule has 0 amide bonds. The number of hydrogen-bond acceptors (Lipinski definition) is 3. The van der Waals surface area contributed by atoms with Crippen molar-refractivity contribution >= 4 is 5.96 Å². The number of likely N-dealkylation sites (tertiary alicyclic amines) is 1. The molecule has 1 unspecified atom stereocenters. The lowest BCUT2D eigenvalue weighted by atomic mass is 9.98. The topological polar surface area (TPSA) is 54.7 Å². The van der Waals surface area contributed by atoms with Crippen LogP contribution in [0.25, 0.3) is 0 Å². The summed E-state index contributed by atoms with van der Waals surface area (Å²) in [6.07, 6.45) is 5.15.